The molecule has 0 unspecified atom stereocenters. The van der Waals surface area contributed by atoms with Crippen LogP contribution in [-0.4, -0.2) is 66.4 Å². The minimum Gasteiger partial charge on any atom is -0.459 e. The van der Waals surface area contributed by atoms with Gasteiger partial charge in [0.05, 0.1) is 6.26 Å². The van der Waals surface area contributed by atoms with Crippen molar-refractivity contribution in [1.82, 2.24) is 20.1 Å². The summed E-state index contributed by atoms with van der Waals surface area (Å²) in [5.74, 6) is 1.23. The summed E-state index contributed by atoms with van der Waals surface area (Å²) >= 11 is 0. The van der Waals surface area contributed by atoms with Crippen LogP contribution < -0.4 is 5.32 Å². The van der Waals surface area contributed by atoms with Gasteiger partial charge in [-0.2, -0.15) is 0 Å². The van der Waals surface area contributed by atoms with Crippen molar-refractivity contribution in [3.8, 4) is 0 Å². The smallest absolute Gasteiger partial charge is 0.289 e. The molecule has 3 aromatic rings. The number of aryl methyl sites for hydroxylation is 1. The number of hydrogen-bond acceptors (Lipinski definition) is 3. The van der Waals surface area contributed by atoms with Crippen molar-refractivity contribution in [2.75, 3.05) is 39.8 Å². The van der Waals surface area contributed by atoms with Crippen LogP contribution in [-0.2, 0) is 6.42 Å². The lowest BCUT2D eigenvalue weighted by Gasteiger charge is -2.36. The topological polar surface area (TPSA) is 76.9 Å². The Bertz CT molecular complexity index is 998. The molecule has 0 radical (unpaired) electrons. The molecule has 7 nitrogen and oxygen atoms in total. The van der Waals surface area contributed by atoms with Gasteiger partial charge in [-0.15, -0.1) is 0 Å². The number of rotatable bonds is 4. The molecule has 7 heteroatoms. The van der Waals surface area contributed by atoms with E-state index in [1.807, 2.05) is 4.90 Å². The molecule has 0 atom stereocenters. The van der Waals surface area contributed by atoms with E-state index in [9.17, 15) is 4.79 Å². The highest BCUT2D eigenvalue weighted by Gasteiger charge is 2.25. The Kier molecular flexibility index (Phi) is 5.55. The van der Waals surface area contributed by atoms with Gasteiger partial charge in [0.25, 0.3) is 5.91 Å². The molecule has 0 aliphatic carbocycles. The molecule has 2 N–H and O–H groups in total. The molecule has 3 heterocycles. The zero-order valence-corrected chi connectivity index (χ0v) is 16.9. The number of carbonyl (C=O) groups excluding carboxylic acids is 1. The van der Waals surface area contributed by atoms with Gasteiger partial charge in [-0.1, -0.05) is 18.2 Å². The number of nitrogens with zero attached hydrogens (tertiary/aromatic N) is 3. The molecular weight excluding hydrogens is 366 g/mol. The minimum atomic E-state index is -0.0489. The van der Waals surface area contributed by atoms with E-state index in [0.717, 1.165) is 32.0 Å². The van der Waals surface area contributed by atoms with E-state index < -0.39 is 0 Å². The zero-order valence-electron chi connectivity index (χ0n) is 16.9. The van der Waals surface area contributed by atoms with Crippen LogP contribution in [0.4, 0.5) is 0 Å². The monoisotopic (exact) mass is 393 g/mol. The van der Waals surface area contributed by atoms with Crippen LogP contribution in [0.3, 0.4) is 0 Å². The highest BCUT2D eigenvalue weighted by Crippen LogP contribution is 2.21. The van der Waals surface area contributed by atoms with Crippen molar-refractivity contribution >= 4 is 22.8 Å². The average Bonchev–Trinajstić information content (AvgIpc) is 3.42. The highest BCUT2D eigenvalue weighted by molar-refractivity contribution is 5.91. The average molecular weight is 393 g/mol. The first-order valence-electron chi connectivity index (χ1n) is 10.0. The lowest BCUT2D eigenvalue weighted by molar-refractivity contribution is 0.0658. The summed E-state index contributed by atoms with van der Waals surface area (Å²) in [7, 11) is 1.80. The number of fused-ring (bicyclic) bond motifs is 1. The summed E-state index contributed by atoms with van der Waals surface area (Å²) in [6, 6.07) is 9.84. The molecule has 0 spiro atoms. The lowest BCUT2D eigenvalue weighted by Crippen LogP contribution is -2.53. The number of furan rings is 1. The van der Waals surface area contributed by atoms with E-state index >= 15 is 0 Å². The number of piperazine rings is 1. The third-order valence-corrected chi connectivity index (χ3v) is 5.50. The molecule has 1 fully saturated rings. The fraction of sp³-hybridized carbons (Fsp3) is 0.364. The molecule has 1 aromatic carbocycles. The summed E-state index contributed by atoms with van der Waals surface area (Å²) in [5.41, 5.74) is 3.78. The number of aromatic nitrogens is 1. The van der Waals surface area contributed by atoms with Crippen LogP contribution in [0.15, 0.2) is 52.2 Å². The molecular formula is C22H27N5O2. The van der Waals surface area contributed by atoms with E-state index in [4.69, 9.17) is 4.42 Å². The maximum absolute atomic E-state index is 12.4. The molecule has 2 aromatic heterocycles. The van der Waals surface area contributed by atoms with Gasteiger partial charge in [-0.05, 0) is 36.6 Å². The van der Waals surface area contributed by atoms with Crippen molar-refractivity contribution in [3.63, 3.8) is 0 Å². The van der Waals surface area contributed by atoms with Crippen LogP contribution >= 0.6 is 0 Å². The SMILES string of the molecule is CN=C(NCCc1c[nH]c2c(C)cccc12)N1CCN(C(=O)c2ccco2)CC1. The molecule has 1 amide bonds. The number of amides is 1. The van der Waals surface area contributed by atoms with Crippen molar-refractivity contribution in [1.29, 1.82) is 0 Å². The van der Waals surface area contributed by atoms with E-state index in [-0.39, 0.29) is 5.91 Å². The molecule has 0 saturated carbocycles. The highest BCUT2D eigenvalue weighted by atomic mass is 16.3. The number of hydrogen-bond donors (Lipinski definition) is 2. The summed E-state index contributed by atoms with van der Waals surface area (Å²) in [6.45, 7) is 5.73. The second-order valence-corrected chi connectivity index (χ2v) is 7.29. The number of benzene rings is 1. The standard InChI is InChI=1S/C22H27N5O2/c1-16-5-3-6-18-17(15-25-20(16)18)8-9-24-22(23-2)27-12-10-26(11-13-27)21(28)19-7-4-14-29-19/h3-7,14-15,25H,8-13H2,1-2H3,(H,23,24). The first-order chi connectivity index (χ1) is 14.2. The van der Waals surface area contributed by atoms with Crippen LogP contribution in [0.1, 0.15) is 21.7 Å². The van der Waals surface area contributed by atoms with Gasteiger partial charge in [0.15, 0.2) is 11.7 Å². The minimum absolute atomic E-state index is 0.0489. The Hall–Kier alpha value is -3.22. The van der Waals surface area contributed by atoms with E-state index in [1.165, 1.54) is 28.3 Å². The largest absolute Gasteiger partial charge is 0.459 e. The first-order valence-corrected chi connectivity index (χ1v) is 10.0. The lowest BCUT2D eigenvalue weighted by atomic mass is 10.1. The van der Waals surface area contributed by atoms with E-state index in [2.05, 4.69) is 51.5 Å². The molecule has 4 rings (SSSR count). The predicted molar refractivity (Wildman–Crippen MR) is 114 cm³/mol. The Morgan fingerprint density at radius 2 is 1.97 bits per heavy atom. The maximum atomic E-state index is 12.4. The van der Waals surface area contributed by atoms with Gasteiger partial charge >= 0.3 is 0 Å². The molecule has 152 valence electrons. The molecule has 29 heavy (non-hydrogen) atoms. The van der Waals surface area contributed by atoms with E-state index in [1.54, 1.807) is 19.2 Å². The number of H-pyrrole nitrogens is 1. The van der Waals surface area contributed by atoms with Gasteiger partial charge in [-0.3, -0.25) is 9.79 Å². The Morgan fingerprint density at radius 3 is 2.69 bits per heavy atom. The summed E-state index contributed by atoms with van der Waals surface area (Å²) in [4.78, 5) is 24.2. The normalized spacial score (nSPS) is 15.2. The van der Waals surface area contributed by atoms with Gasteiger partial charge in [0.1, 0.15) is 0 Å². The summed E-state index contributed by atoms with van der Waals surface area (Å²) in [6.07, 6.45) is 4.55. The van der Waals surface area contributed by atoms with Gasteiger partial charge in [0, 0.05) is 56.9 Å². The summed E-state index contributed by atoms with van der Waals surface area (Å²) in [5, 5.41) is 4.75. The zero-order chi connectivity index (χ0) is 20.2. The molecule has 0 bridgehead atoms. The van der Waals surface area contributed by atoms with Crippen molar-refractivity contribution in [2.45, 2.75) is 13.3 Å². The predicted octanol–water partition coefficient (Wildman–Crippen LogP) is 2.65. The van der Waals surface area contributed by atoms with Gasteiger partial charge in [-0.25, -0.2) is 0 Å². The number of aromatic amines is 1. The van der Waals surface area contributed by atoms with Gasteiger partial charge in [0.2, 0.25) is 0 Å². The maximum Gasteiger partial charge on any atom is 0.289 e. The second-order valence-electron chi connectivity index (χ2n) is 7.29. The van der Waals surface area contributed by atoms with Gasteiger partial charge < -0.3 is 24.5 Å². The Morgan fingerprint density at radius 1 is 1.17 bits per heavy atom. The Balaban J connectivity index is 1.30. The van der Waals surface area contributed by atoms with Crippen molar-refractivity contribution in [3.05, 3.63) is 59.7 Å². The number of carbonyl (C=O) groups is 1. The molecule has 1 saturated heterocycles. The van der Waals surface area contributed by atoms with Crippen LogP contribution in [0.25, 0.3) is 10.9 Å². The van der Waals surface area contributed by atoms with E-state index in [0.29, 0.717) is 18.8 Å². The van der Waals surface area contributed by atoms with Crippen molar-refractivity contribution < 1.29 is 9.21 Å². The molecule has 1 aliphatic rings. The number of aliphatic imine (C=N–C) groups is 1. The van der Waals surface area contributed by atoms with Crippen LogP contribution in [0, 0.1) is 6.92 Å². The quantitative estimate of drug-likeness (QED) is 0.528. The third kappa shape index (κ3) is 3.99. The fourth-order valence-electron chi connectivity index (χ4n) is 3.89. The number of guanidine groups is 1. The number of nitrogens with one attached hydrogen (secondary N) is 2. The van der Waals surface area contributed by atoms with Crippen LogP contribution in [0.5, 0.6) is 0 Å². The van der Waals surface area contributed by atoms with Crippen molar-refractivity contribution in [2.24, 2.45) is 4.99 Å². The fourth-order valence-corrected chi connectivity index (χ4v) is 3.89. The van der Waals surface area contributed by atoms with Crippen LogP contribution in [0.2, 0.25) is 0 Å². The Labute approximate surface area is 170 Å². The molecule has 1 aliphatic heterocycles. The summed E-state index contributed by atoms with van der Waals surface area (Å²) < 4.78 is 5.23. The number of para-hydroxylation sites is 1. The first kappa shape index (κ1) is 19.1. The second kappa shape index (κ2) is 8.43. The third-order valence-electron chi connectivity index (χ3n) is 5.50.